The highest BCUT2D eigenvalue weighted by Crippen LogP contribution is 2.18. The van der Waals surface area contributed by atoms with E-state index in [0.717, 1.165) is 0 Å². The van der Waals surface area contributed by atoms with Crippen molar-refractivity contribution < 1.29 is 9.59 Å². The van der Waals surface area contributed by atoms with Gasteiger partial charge in [-0.25, -0.2) is 9.97 Å². The summed E-state index contributed by atoms with van der Waals surface area (Å²) in [6.45, 7) is 2.16. The van der Waals surface area contributed by atoms with E-state index in [9.17, 15) is 9.59 Å². The molecule has 0 spiro atoms. The van der Waals surface area contributed by atoms with Gasteiger partial charge in [-0.2, -0.15) is 0 Å². The molecule has 0 aromatic carbocycles. The summed E-state index contributed by atoms with van der Waals surface area (Å²) in [6.07, 6.45) is 1.44. The summed E-state index contributed by atoms with van der Waals surface area (Å²) in [5, 5.41) is 3.04. The third-order valence-electron chi connectivity index (χ3n) is 2.02. The first-order valence-electron chi connectivity index (χ1n) is 5.06. The predicted octanol–water partition coefficient (Wildman–Crippen LogP) is 0.928. The Hall–Kier alpha value is -1.69. The van der Waals surface area contributed by atoms with Crippen LogP contribution in [0.3, 0.4) is 0 Å². The van der Waals surface area contributed by atoms with Gasteiger partial charge in [0.25, 0.3) is 0 Å². The molecule has 1 rings (SSSR count). The minimum Gasteiger partial charge on any atom is -0.370 e. The maximum Gasteiger partial charge on any atom is 0.217 e. The van der Waals surface area contributed by atoms with E-state index < -0.39 is 0 Å². The summed E-state index contributed by atoms with van der Waals surface area (Å²) >= 11 is 5.80. The molecular weight excluding hydrogens is 244 g/mol. The molecule has 17 heavy (non-hydrogen) atoms. The highest BCUT2D eigenvalue weighted by molar-refractivity contribution is 6.32. The second-order valence-corrected chi connectivity index (χ2v) is 3.80. The van der Waals surface area contributed by atoms with Crippen molar-refractivity contribution in [2.24, 2.45) is 5.73 Å². The Kier molecular flexibility index (Phi) is 4.84. The molecule has 3 N–H and O–H groups in total. The summed E-state index contributed by atoms with van der Waals surface area (Å²) in [5.41, 5.74) is 5.23. The van der Waals surface area contributed by atoms with Crippen LogP contribution in [-0.2, 0) is 4.79 Å². The van der Waals surface area contributed by atoms with Crippen molar-refractivity contribution in [1.82, 2.24) is 9.97 Å². The summed E-state index contributed by atoms with van der Waals surface area (Å²) < 4.78 is 0. The van der Waals surface area contributed by atoms with Gasteiger partial charge in [0.05, 0.1) is 5.56 Å². The maximum atomic E-state index is 10.8. The number of halogens is 1. The van der Waals surface area contributed by atoms with Crippen molar-refractivity contribution in [3.05, 3.63) is 16.5 Å². The van der Waals surface area contributed by atoms with Crippen LogP contribution in [0.2, 0.25) is 5.15 Å². The van der Waals surface area contributed by atoms with Crippen LogP contribution in [0.4, 0.5) is 5.82 Å². The Labute approximate surface area is 104 Å². The first kappa shape index (κ1) is 13.4. The van der Waals surface area contributed by atoms with E-state index in [0.29, 0.717) is 30.9 Å². The molecule has 1 aromatic rings. The van der Waals surface area contributed by atoms with E-state index >= 15 is 0 Å². The first-order chi connectivity index (χ1) is 8.04. The molecule has 6 nitrogen and oxygen atoms in total. The van der Waals surface area contributed by atoms with Crippen molar-refractivity contribution in [3.8, 4) is 0 Å². The van der Waals surface area contributed by atoms with Crippen LogP contribution in [0.25, 0.3) is 0 Å². The zero-order valence-electron chi connectivity index (χ0n) is 9.36. The van der Waals surface area contributed by atoms with Crippen LogP contribution in [0.15, 0.2) is 0 Å². The number of hydrogen-bond donors (Lipinski definition) is 2. The Morgan fingerprint density at radius 3 is 2.82 bits per heavy atom. The second-order valence-electron chi connectivity index (χ2n) is 3.44. The lowest BCUT2D eigenvalue weighted by Crippen LogP contribution is -2.14. The van der Waals surface area contributed by atoms with Crippen LogP contribution in [-0.4, -0.2) is 28.7 Å². The Morgan fingerprint density at radius 1 is 1.53 bits per heavy atom. The topological polar surface area (TPSA) is 98.0 Å². The quantitative estimate of drug-likeness (QED) is 0.448. The molecule has 0 aliphatic heterocycles. The van der Waals surface area contributed by atoms with E-state index in [1.54, 1.807) is 6.92 Å². The van der Waals surface area contributed by atoms with Gasteiger partial charge >= 0.3 is 0 Å². The summed E-state index contributed by atoms with van der Waals surface area (Å²) in [7, 11) is 0. The number of aromatic nitrogens is 2. The molecule has 1 heterocycles. The summed E-state index contributed by atoms with van der Waals surface area (Å²) in [4.78, 5) is 29.3. The van der Waals surface area contributed by atoms with E-state index in [-0.39, 0.29) is 23.0 Å². The lowest BCUT2D eigenvalue weighted by molar-refractivity contribution is -0.118. The van der Waals surface area contributed by atoms with Crippen molar-refractivity contribution in [2.45, 2.75) is 19.8 Å². The normalized spacial score (nSPS) is 10.0. The summed E-state index contributed by atoms with van der Waals surface area (Å²) in [6, 6.07) is 0. The lowest BCUT2D eigenvalue weighted by atomic mass is 10.3. The number of nitrogens with two attached hydrogens (primary N) is 1. The average molecular weight is 257 g/mol. The number of rotatable bonds is 6. The highest BCUT2D eigenvalue weighted by Gasteiger charge is 2.10. The fourth-order valence-electron chi connectivity index (χ4n) is 1.26. The number of amides is 1. The highest BCUT2D eigenvalue weighted by atomic mass is 35.5. The maximum absolute atomic E-state index is 10.8. The molecule has 7 heteroatoms. The van der Waals surface area contributed by atoms with Gasteiger partial charge in [0, 0.05) is 13.0 Å². The largest absolute Gasteiger partial charge is 0.370 e. The number of carbonyl (C=O) groups excluding carboxylic acids is 2. The predicted molar refractivity (Wildman–Crippen MR) is 64.1 cm³/mol. The molecule has 0 radical (unpaired) electrons. The minimum absolute atomic E-state index is 0.116. The average Bonchev–Trinajstić information content (AvgIpc) is 2.23. The molecule has 0 atom stereocenters. The van der Waals surface area contributed by atoms with Crippen molar-refractivity contribution in [3.63, 3.8) is 0 Å². The number of nitrogens with one attached hydrogen (secondary N) is 1. The molecule has 0 saturated heterocycles. The van der Waals surface area contributed by atoms with Crippen molar-refractivity contribution in [2.75, 3.05) is 11.9 Å². The number of anilines is 1. The monoisotopic (exact) mass is 256 g/mol. The van der Waals surface area contributed by atoms with Crippen LogP contribution < -0.4 is 11.1 Å². The minimum atomic E-state index is -0.362. The molecule has 0 aliphatic rings. The van der Waals surface area contributed by atoms with Gasteiger partial charge in [0.2, 0.25) is 5.91 Å². The van der Waals surface area contributed by atoms with Crippen molar-refractivity contribution in [1.29, 1.82) is 0 Å². The van der Waals surface area contributed by atoms with Gasteiger partial charge in [-0.1, -0.05) is 11.6 Å². The molecule has 0 aliphatic carbocycles. The molecule has 0 unspecified atom stereocenters. The van der Waals surface area contributed by atoms with E-state index in [4.69, 9.17) is 17.3 Å². The summed E-state index contributed by atoms with van der Waals surface area (Å²) in [5.74, 6) is 0.485. The van der Waals surface area contributed by atoms with Crippen LogP contribution >= 0.6 is 11.6 Å². The number of aryl methyl sites for hydroxylation is 1. The van der Waals surface area contributed by atoms with Crippen molar-refractivity contribution >= 4 is 29.6 Å². The standard InChI is InChI=1S/C10H13ClN4O2/c1-6-14-9(11)7(5-16)10(15-6)13-4-2-3-8(12)17/h5H,2-4H2,1H3,(H2,12,17)(H,13,14,15). The Morgan fingerprint density at radius 2 is 2.24 bits per heavy atom. The van der Waals surface area contributed by atoms with Crippen LogP contribution in [0.1, 0.15) is 29.0 Å². The molecule has 1 aromatic heterocycles. The first-order valence-corrected chi connectivity index (χ1v) is 5.44. The van der Waals surface area contributed by atoms with Gasteiger partial charge in [-0.05, 0) is 13.3 Å². The van der Waals surface area contributed by atoms with Gasteiger partial charge in [-0.15, -0.1) is 0 Å². The zero-order chi connectivity index (χ0) is 12.8. The third-order valence-corrected chi connectivity index (χ3v) is 2.31. The molecule has 0 fully saturated rings. The second kappa shape index (κ2) is 6.15. The van der Waals surface area contributed by atoms with Gasteiger partial charge < -0.3 is 11.1 Å². The smallest absolute Gasteiger partial charge is 0.217 e. The van der Waals surface area contributed by atoms with E-state index in [1.165, 1.54) is 0 Å². The fraction of sp³-hybridized carbons (Fsp3) is 0.400. The van der Waals surface area contributed by atoms with Gasteiger partial charge in [-0.3, -0.25) is 9.59 Å². The number of aldehydes is 1. The number of hydrogen-bond acceptors (Lipinski definition) is 5. The molecule has 0 bridgehead atoms. The van der Waals surface area contributed by atoms with Crippen LogP contribution in [0, 0.1) is 6.92 Å². The van der Waals surface area contributed by atoms with Gasteiger partial charge in [0.1, 0.15) is 16.8 Å². The zero-order valence-corrected chi connectivity index (χ0v) is 10.1. The third kappa shape index (κ3) is 3.99. The van der Waals surface area contributed by atoms with E-state index in [2.05, 4.69) is 15.3 Å². The SMILES string of the molecule is Cc1nc(Cl)c(C=O)c(NCCCC(N)=O)n1. The van der Waals surface area contributed by atoms with E-state index in [1.807, 2.05) is 0 Å². The molecule has 92 valence electrons. The Balaban J connectivity index is 2.69. The molecule has 0 saturated carbocycles. The Bertz CT molecular complexity index is 437. The number of nitrogens with zero attached hydrogens (tertiary/aromatic N) is 2. The number of carbonyl (C=O) groups is 2. The fourth-order valence-corrected chi connectivity index (χ4v) is 1.51. The molecular formula is C10H13ClN4O2. The number of primary amides is 1. The molecule has 1 amide bonds. The van der Waals surface area contributed by atoms with Crippen LogP contribution in [0.5, 0.6) is 0 Å². The lowest BCUT2D eigenvalue weighted by Gasteiger charge is -2.08. The van der Waals surface area contributed by atoms with Gasteiger partial charge in [0.15, 0.2) is 6.29 Å².